The second-order valence-electron chi connectivity index (χ2n) is 19.5. The quantitative estimate of drug-likeness (QED) is 0.159. The largest absolute Gasteiger partial charge is 0.456 e. The Morgan fingerprint density at radius 3 is 1.72 bits per heavy atom. The van der Waals surface area contributed by atoms with Gasteiger partial charge in [-0.1, -0.05) is 164 Å². The summed E-state index contributed by atoms with van der Waals surface area (Å²) in [6, 6.07) is 85.8. The Morgan fingerprint density at radius 2 is 0.895 bits per heavy atom. The van der Waals surface area contributed by atoms with Crippen molar-refractivity contribution in [3.63, 3.8) is 0 Å². The zero-order valence-electron chi connectivity index (χ0n) is 40.6. The van der Waals surface area contributed by atoms with Crippen LogP contribution < -0.4 is 0 Å². The van der Waals surface area contributed by atoms with Gasteiger partial charge in [-0.3, -0.25) is 0 Å². The molecular weight excluding hydrogens is 949 g/mol. The molecule has 0 aliphatic heterocycles. The number of aromatic nitrogens is 4. The van der Waals surface area contributed by atoms with Gasteiger partial charge in [-0.25, -0.2) is 15.0 Å². The van der Waals surface area contributed by atoms with Crippen molar-refractivity contribution in [2.75, 3.05) is 0 Å². The van der Waals surface area contributed by atoms with Gasteiger partial charge in [0.25, 0.3) is 0 Å². The van der Waals surface area contributed by atoms with E-state index in [2.05, 4.69) is 193 Å². The van der Waals surface area contributed by atoms with Crippen LogP contribution in [0.4, 0.5) is 0 Å². The smallest absolute Gasteiger partial charge is 0.164 e. The molecule has 0 unspecified atom stereocenters. The second-order valence-corrected chi connectivity index (χ2v) is 20.5. The highest BCUT2D eigenvalue weighted by atomic mass is 32.1. The number of rotatable bonds is 7. The van der Waals surface area contributed by atoms with Crippen molar-refractivity contribution in [2.24, 2.45) is 0 Å². The van der Waals surface area contributed by atoms with Crippen molar-refractivity contribution in [3.05, 3.63) is 243 Å². The van der Waals surface area contributed by atoms with Gasteiger partial charge in [0.2, 0.25) is 0 Å². The number of nitrogens with zero attached hydrogens (tertiary/aromatic N) is 4. The fourth-order valence-corrected chi connectivity index (χ4v) is 12.7. The van der Waals surface area contributed by atoms with Crippen LogP contribution in [0.25, 0.3) is 159 Å². The molecule has 0 spiro atoms. The van der Waals surface area contributed by atoms with E-state index in [0.717, 1.165) is 99.5 Å². The fraction of sp³-hybridized carbons (Fsp3) is 0. The maximum absolute atomic E-state index is 6.63. The third-order valence-electron chi connectivity index (χ3n) is 15.1. The van der Waals surface area contributed by atoms with E-state index in [-0.39, 0.29) is 0 Å². The molecule has 0 aliphatic rings. The fourth-order valence-electron chi connectivity index (χ4n) is 11.5. The van der Waals surface area contributed by atoms with E-state index in [0.29, 0.717) is 17.5 Å². The van der Waals surface area contributed by atoms with Crippen LogP contribution in [-0.4, -0.2) is 19.5 Å². The van der Waals surface area contributed by atoms with Gasteiger partial charge in [-0.15, -0.1) is 11.3 Å². The summed E-state index contributed by atoms with van der Waals surface area (Å²) < 4.78 is 18.2. The van der Waals surface area contributed by atoms with E-state index in [1.54, 1.807) is 0 Å². The van der Waals surface area contributed by atoms with Crippen molar-refractivity contribution in [1.29, 1.82) is 0 Å². The zero-order valence-corrected chi connectivity index (χ0v) is 41.4. The number of benzene rings is 11. The molecule has 0 saturated heterocycles. The molecule has 16 aromatic rings. The average Bonchev–Trinajstić information content (AvgIpc) is 4.28. The van der Waals surface area contributed by atoms with Crippen LogP contribution in [-0.2, 0) is 0 Å². The number of hydrogen-bond acceptors (Lipinski definition) is 6. The molecule has 16 rings (SSSR count). The first-order valence-corrected chi connectivity index (χ1v) is 26.3. The minimum absolute atomic E-state index is 0.550. The molecule has 0 radical (unpaired) electrons. The lowest BCUT2D eigenvalue weighted by atomic mass is 9.98. The predicted octanol–water partition coefficient (Wildman–Crippen LogP) is 19.1. The molecule has 0 atom stereocenters. The van der Waals surface area contributed by atoms with Gasteiger partial charge in [-0.05, 0) is 112 Å². The highest BCUT2D eigenvalue weighted by molar-refractivity contribution is 7.26. The summed E-state index contributed by atoms with van der Waals surface area (Å²) in [4.78, 5) is 15.6. The van der Waals surface area contributed by atoms with Crippen LogP contribution in [0.1, 0.15) is 0 Å². The Labute approximate surface area is 439 Å². The van der Waals surface area contributed by atoms with Gasteiger partial charge in [0.05, 0.1) is 11.0 Å². The summed E-state index contributed by atoms with van der Waals surface area (Å²) in [6.45, 7) is 0. The van der Waals surface area contributed by atoms with Gasteiger partial charge in [-0.2, -0.15) is 0 Å². The van der Waals surface area contributed by atoms with Crippen LogP contribution in [0.2, 0.25) is 0 Å². The first-order chi connectivity index (χ1) is 37.6. The minimum atomic E-state index is 0.550. The lowest BCUT2D eigenvalue weighted by molar-refractivity contribution is 0.668. The molecule has 0 saturated carbocycles. The Bertz CT molecular complexity index is 4990. The maximum atomic E-state index is 6.63. The van der Waals surface area contributed by atoms with Crippen molar-refractivity contribution in [1.82, 2.24) is 19.5 Å². The number of thiophene rings is 1. The summed E-state index contributed by atoms with van der Waals surface area (Å²) in [7, 11) is 0. The van der Waals surface area contributed by atoms with E-state index in [1.807, 2.05) is 65.9 Å². The third-order valence-corrected chi connectivity index (χ3v) is 16.3. The topological polar surface area (TPSA) is 69.9 Å². The molecule has 354 valence electrons. The van der Waals surface area contributed by atoms with E-state index < -0.39 is 0 Å². The van der Waals surface area contributed by atoms with E-state index in [4.69, 9.17) is 23.8 Å². The molecule has 0 aliphatic carbocycles. The van der Waals surface area contributed by atoms with Crippen LogP contribution in [0.5, 0.6) is 0 Å². The zero-order chi connectivity index (χ0) is 49.8. The summed E-state index contributed by atoms with van der Waals surface area (Å²) in [5.74, 6) is 1.68. The van der Waals surface area contributed by atoms with Crippen molar-refractivity contribution < 1.29 is 8.83 Å². The molecule has 7 heteroatoms. The Kier molecular flexibility index (Phi) is 9.40. The van der Waals surface area contributed by atoms with Crippen LogP contribution >= 0.6 is 11.3 Å². The number of hydrogen-bond donors (Lipinski definition) is 0. The molecule has 76 heavy (non-hydrogen) atoms. The third kappa shape index (κ3) is 6.76. The predicted molar refractivity (Wildman–Crippen MR) is 314 cm³/mol. The van der Waals surface area contributed by atoms with Gasteiger partial charge >= 0.3 is 0 Å². The molecule has 5 heterocycles. The van der Waals surface area contributed by atoms with Gasteiger partial charge in [0.15, 0.2) is 17.5 Å². The first kappa shape index (κ1) is 42.5. The molecule has 0 bridgehead atoms. The standard InChI is InChI=1S/C69H40N4O2S/c1-4-14-41(15-5-1)43-29-34-60-56(37-43)51-32-27-47(40-63(51)75-60)68-70-67(42-16-6-2-7-17-42)71-69(72-68)54-23-13-24-62-65(54)57-38-45(30-35-61(57)74-62)44-28-33-58-55(36-44)50-31-26-46(39-59(50)73(58)48-18-8-3-9-19-48)49-21-12-22-53-52-20-10-11-25-64(52)76-66(49)53/h1-40H. The van der Waals surface area contributed by atoms with E-state index >= 15 is 0 Å². The maximum Gasteiger partial charge on any atom is 0.164 e. The highest BCUT2D eigenvalue weighted by Crippen LogP contribution is 2.44. The first-order valence-electron chi connectivity index (χ1n) is 25.5. The lowest BCUT2D eigenvalue weighted by Crippen LogP contribution is -2.00. The molecule has 11 aromatic carbocycles. The molecule has 0 N–H and O–H groups in total. The number of furan rings is 2. The highest BCUT2D eigenvalue weighted by Gasteiger charge is 2.21. The normalized spacial score (nSPS) is 11.9. The minimum Gasteiger partial charge on any atom is -0.456 e. The number of fused-ring (bicyclic) bond motifs is 12. The molecular formula is C69H40N4O2S. The van der Waals surface area contributed by atoms with Crippen LogP contribution in [0, 0.1) is 0 Å². The van der Waals surface area contributed by atoms with Crippen molar-refractivity contribution >= 4 is 97.2 Å². The molecule has 0 amide bonds. The van der Waals surface area contributed by atoms with Gasteiger partial charge < -0.3 is 13.4 Å². The monoisotopic (exact) mass is 988 g/mol. The average molecular weight is 989 g/mol. The molecule has 6 nitrogen and oxygen atoms in total. The van der Waals surface area contributed by atoms with Crippen LogP contribution in [0.3, 0.4) is 0 Å². The van der Waals surface area contributed by atoms with E-state index in [9.17, 15) is 0 Å². The lowest BCUT2D eigenvalue weighted by Gasteiger charge is -2.10. The Balaban J connectivity index is 0.829. The molecule has 0 fully saturated rings. The number of para-hydroxylation sites is 1. The SMILES string of the molecule is c1ccc(-c2ccc3oc4cc(-c5nc(-c6ccccc6)nc(-c6cccc7oc8ccc(-c9ccc%10c(c9)c9ccc(-c%11cccc%12c%11sc%11ccccc%11%12)cc9n%10-c9ccccc9)cc8c67)n5)ccc4c3c2)cc1. The summed E-state index contributed by atoms with van der Waals surface area (Å²) >= 11 is 1.87. The Morgan fingerprint density at radius 1 is 0.303 bits per heavy atom. The summed E-state index contributed by atoms with van der Waals surface area (Å²) in [6.07, 6.45) is 0. The Hall–Kier alpha value is -9.95. The van der Waals surface area contributed by atoms with E-state index in [1.165, 1.54) is 42.1 Å². The summed E-state index contributed by atoms with van der Waals surface area (Å²) in [5, 5.41) is 9.01. The second kappa shape index (κ2) is 16.8. The summed E-state index contributed by atoms with van der Waals surface area (Å²) in [5.41, 5.74) is 16.1. The van der Waals surface area contributed by atoms with Crippen molar-refractivity contribution in [3.8, 4) is 73.2 Å². The van der Waals surface area contributed by atoms with Crippen molar-refractivity contribution in [2.45, 2.75) is 0 Å². The van der Waals surface area contributed by atoms with Gasteiger partial charge in [0.1, 0.15) is 22.3 Å². The van der Waals surface area contributed by atoms with Crippen LogP contribution in [0.15, 0.2) is 251 Å². The molecule has 5 aromatic heterocycles. The van der Waals surface area contributed by atoms with Gasteiger partial charge in [0, 0.05) is 74.9 Å².